The number of ether oxygens (including phenoxy) is 3. The Labute approximate surface area is 122 Å². The van der Waals surface area contributed by atoms with E-state index in [2.05, 4.69) is 4.98 Å². The van der Waals surface area contributed by atoms with E-state index in [1.54, 1.807) is 37.3 Å². The highest BCUT2D eigenvalue weighted by Crippen LogP contribution is 2.39. The lowest BCUT2D eigenvalue weighted by Gasteiger charge is -2.15. The first-order valence-electron chi connectivity index (χ1n) is 6.23. The first-order chi connectivity index (χ1) is 9.78. The third-order valence-electron chi connectivity index (χ3n) is 2.80. The fourth-order valence-corrected chi connectivity index (χ4v) is 2.35. The van der Waals surface area contributed by atoms with Crippen LogP contribution in [-0.2, 0) is 13.0 Å². The standard InChI is InChI=1S/C14H18N2O3S/c1-17-12-5-10(3-4-15)6-13(18-2)14(12)19-8-11-7-16-9-20-11/h5-7,9H,3-4,8,15H2,1-2H3. The smallest absolute Gasteiger partial charge is 0.203 e. The Hall–Kier alpha value is -1.79. The van der Waals surface area contributed by atoms with Crippen LogP contribution >= 0.6 is 11.3 Å². The molecule has 108 valence electrons. The van der Waals surface area contributed by atoms with Gasteiger partial charge in [0.1, 0.15) is 6.61 Å². The van der Waals surface area contributed by atoms with Crippen molar-refractivity contribution in [2.24, 2.45) is 5.73 Å². The van der Waals surface area contributed by atoms with Crippen LogP contribution in [0.5, 0.6) is 17.2 Å². The third-order valence-corrected chi connectivity index (χ3v) is 3.55. The molecule has 0 unspecified atom stereocenters. The van der Waals surface area contributed by atoms with Crippen molar-refractivity contribution in [2.45, 2.75) is 13.0 Å². The monoisotopic (exact) mass is 294 g/mol. The van der Waals surface area contributed by atoms with E-state index in [9.17, 15) is 0 Å². The van der Waals surface area contributed by atoms with Crippen molar-refractivity contribution in [1.29, 1.82) is 0 Å². The van der Waals surface area contributed by atoms with Crippen molar-refractivity contribution in [3.63, 3.8) is 0 Å². The van der Waals surface area contributed by atoms with Crippen molar-refractivity contribution in [1.82, 2.24) is 4.98 Å². The normalized spacial score (nSPS) is 10.3. The van der Waals surface area contributed by atoms with Gasteiger partial charge in [-0.15, -0.1) is 11.3 Å². The Bertz CT molecular complexity index is 518. The topological polar surface area (TPSA) is 66.6 Å². The molecule has 0 radical (unpaired) electrons. The number of hydrogen-bond donors (Lipinski definition) is 1. The molecule has 0 aliphatic carbocycles. The van der Waals surface area contributed by atoms with Gasteiger partial charge in [-0.1, -0.05) is 0 Å². The summed E-state index contributed by atoms with van der Waals surface area (Å²) in [6.07, 6.45) is 2.55. The molecule has 0 saturated heterocycles. The largest absolute Gasteiger partial charge is 0.493 e. The molecule has 20 heavy (non-hydrogen) atoms. The van der Waals surface area contributed by atoms with Crippen LogP contribution in [0.1, 0.15) is 10.4 Å². The van der Waals surface area contributed by atoms with Gasteiger partial charge in [-0.3, -0.25) is 4.98 Å². The van der Waals surface area contributed by atoms with Crippen LogP contribution in [0.3, 0.4) is 0 Å². The van der Waals surface area contributed by atoms with Crippen LogP contribution in [0.15, 0.2) is 23.8 Å². The SMILES string of the molecule is COc1cc(CCN)cc(OC)c1OCc1cncs1. The van der Waals surface area contributed by atoms with Crippen molar-refractivity contribution < 1.29 is 14.2 Å². The first kappa shape index (κ1) is 14.6. The van der Waals surface area contributed by atoms with Crippen LogP contribution < -0.4 is 19.9 Å². The van der Waals surface area contributed by atoms with E-state index in [0.29, 0.717) is 30.4 Å². The number of rotatable bonds is 7. The van der Waals surface area contributed by atoms with Gasteiger partial charge in [-0.05, 0) is 30.7 Å². The van der Waals surface area contributed by atoms with Gasteiger partial charge in [0.25, 0.3) is 0 Å². The molecule has 2 aromatic rings. The van der Waals surface area contributed by atoms with Crippen molar-refractivity contribution in [3.8, 4) is 17.2 Å². The van der Waals surface area contributed by atoms with Crippen LogP contribution in [0, 0.1) is 0 Å². The maximum absolute atomic E-state index is 5.82. The Morgan fingerprint density at radius 1 is 1.20 bits per heavy atom. The number of aromatic nitrogens is 1. The van der Waals surface area contributed by atoms with Crippen LogP contribution in [0.25, 0.3) is 0 Å². The molecule has 1 heterocycles. The Morgan fingerprint density at radius 2 is 1.90 bits per heavy atom. The summed E-state index contributed by atoms with van der Waals surface area (Å²) < 4.78 is 16.6. The lowest BCUT2D eigenvalue weighted by Crippen LogP contribution is -2.05. The number of nitrogens with two attached hydrogens (primary N) is 1. The number of nitrogens with zero attached hydrogens (tertiary/aromatic N) is 1. The van der Waals surface area contributed by atoms with E-state index in [-0.39, 0.29) is 0 Å². The minimum atomic E-state index is 0.438. The maximum Gasteiger partial charge on any atom is 0.203 e. The summed E-state index contributed by atoms with van der Waals surface area (Å²) in [4.78, 5) is 5.06. The van der Waals surface area contributed by atoms with Crippen molar-refractivity contribution in [3.05, 3.63) is 34.3 Å². The summed E-state index contributed by atoms with van der Waals surface area (Å²) in [6.45, 7) is 1.01. The highest BCUT2D eigenvalue weighted by molar-refractivity contribution is 7.09. The fourth-order valence-electron chi connectivity index (χ4n) is 1.84. The van der Waals surface area contributed by atoms with E-state index in [1.165, 1.54) is 0 Å². The van der Waals surface area contributed by atoms with Gasteiger partial charge in [-0.2, -0.15) is 0 Å². The van der Waals surface area contributed by atoms with E-state index < -0.39 is 0 Å². The zero-order valence-corrected chi connectivity index (χ0v) is 12.4. The molecule has 1 aromatic heterocycles. The molecule has 0 aliphatic rings. The molecular formula is C14H18N2O3S. The summed E-state index contributed by atoms with van der Waals surface area (Å²) in [6, 6.07) is 3.86. The number of hydrogen-bond acceptors (Lipinski definition) is 6. The molecule has 5 nitrogen and oxygen atoms in total. The zero-order chi connectivity index (χ0) is 14.4. The Balaban J connectivity index is 2.24. The zero-order valence-electron chi connectivity index (χ0n) is 11.6. The van der Waals surface area contributed by atoms with Gasteiger partial charge in [-0.25, -0.2) is 0 Å². The second-order valence-electron chi connectivity index (χ2n) is 4.12. The van der Waals surface area contributed by atoms with Gasteiger partial charge in [0.15, 0.2) is 11.5 Å². The average molecular weight is 294 g/mol. The van der Waals surface area contributed by atoms with E-state index in [4.69, 9.17) is 19.9 Å². The van der Waals surface area contributed by atoms with Crippen molar-refractivity contribution >= 4 is 11.3 Å². The predicted octanol–water partition coefficient (Wildman–Crippen LogP) is 2.24. The van der Waals surface area contributed by atoms with Crippen LogP contribution in [0.2, 0.25) is 0 Å². The number of thiazole rings is 1. The molecular weight excluding hydrogens is 276 g/mol. The van der Waals surface area contributed by atoms with Gasteiger partial charge < -0.3 is 19.9 Å². The molecule has 1 aromatic carbocycles. The quantitative estimate of drug-likeness (QED) is 0.848. The second-order valence-corrected chi connectivity index (χ2v) is 5.10. The maximum atomic E-state index is 5.82. The van der Waals surface area contributed by atoms with E-state index in [0.717, 1.165) is 16.9 Å². The van der Waals surface area contributed by atoms with Gasteiger partial charge in [0.2, 0.25) is 5.75 Å². The molecule has 6 heteroatoms. The summed E-state index contributed by atoms with van der Waals surface area (Å²) in [5, 5.41) is 0. The van der Waals surface area contributed by atoms with Crippen LogP contribution in [-0.4, -0.2) is 25.7 Å². The molecule has 0 saturated carbocycles. The summed E-state index contributed by atoms with van der Waals surface area (Å²) in [5.74, 6) is 1.90. The van der Waals surface area contributed by atoms with E-state index >= 15 is 0 Å². The Kier molecular flexibility index (Phi) is 5.20. The van der Waals surface area contributed by atoms with Gasteiger partial charge in [0, 0.05) is 6.20 Å². The lowest BCUT2D eigenvalue weighted by atomic mass is 10.1. The number of methoxy groups -OCH3 is 2. The molecule has 0 spiro atoms. The predicted molar refractivity (Wildman–Crippen MR) is 78.8 cm³/mol. The van der Waals surface area contributed by atoms with Gasteiger partial charge >= 0.3 is 0 Å². The first-order valence-corrected chi connectivity index (χ1v) is 7.11. The summed E-state index contributed by atoms with van der Waals surface area (Å²) in [5.41, 5.74) is 8.42. The number of benzene rings is 1. The lowest BCUT2D eigenvalue weighted by molar-refractivity contribution is 0.268. The molecule has 2 rings (SSSR count). The molecule has 0 bridgehead atoms. The molecule has 0 atom stereocenters. The summed E-state index contributed by atoms with van der Waals surface area (Å²) >= 11 is 1.55. The van der Waals surface area contributed by atoms with Crippen molar-refractivity contribution in [2.75, 3.05) is 20.8 Å². The van der Waals surface area contributed by atoms with Crippen LogP contribution in [0.4, 0.5) is 0 Å². The average Bonchev–Trinajstić information content (AvgIpc) is 2.98. The van der Waals surface area contributed by atoms with Gasteiger partial charge in [0.05, 0.1) is 24.6 Å². The molecule has 0 aliphatic heterocycles. The minimum absolute atomic E-state index is 0.438. The fraction of sp³-hybridized carbons (Fsp3) is 0.357. The highest BCUT2D eigenvalue weighted by atomic mass is 32.1. The molecule has 2 N–H and O–H groups in total. The van der Waals surface area contributed by atoms with E-state index in [1.807, 2.05) is 12.1 Å². The molecule has 0 amide bonds. The summed E-state index contributed by atoms with van der Waals surface area (Å²) in [7, 11) is 3.22. The third kappa shape index (κ3) is 3.40. The minimum Gasteiger partial charge on any atom is -0.493 e. The second kappa shape index (κ2) is 7.12. The highest BCUT2D eigenvalue weighted by Gasteiger charge is 2.14. The molecule has 0 fully saturated rings. The Morgan fingerprint density at radius 3 is 2.40 bits per heavy atom.